The van der Waals surface area contributed by atoms with E-state index in [4.69, 9.17) is 11.6 Å². The molecule has 1 aromatic rings. The van der Waals surface area contributed by atoms with E-state index in [2.05, 4.69) is 10.1 Å². The number of rotatable bonds is 5. The molecule has 0 amide bonds. The number of aliphatic hydroxyl groups excluding tert-OH is 1. The Balaban J connectivity index is 2.01. The fourth-order valence-electron chi connectivity index (χ4n) is 2.31. The molecule has 2 N–H and O–H groups in total. The van der Waals surface area contributed by atoms with Gasteiger partial charge in [0.15, 0.2) is 0 Å². The van der Waals surface area contributed by atoms with Gasteiger partial charge in [0, 0.05) is 23.2 Å². The highest BCUT2D eigenvalue weighted by Crippen LogP contribution is 2.28. The summed E-state index contributed by atoms with van der Waals surface area (Å²) >= 11 is 6.01. The molecule has 6 heteroatoms. The highest BCUT2D eigenvalue weighted by atomic mass is 35.5. The van der Waals surface area contributed by atoms with Crippen LogP contribution in [-0.2, 0) is 6.54 Å². The molecule has 0 aliphatic heterocycles. The van der Waals surface area contributed by atoms with Crippen LogP contribution in [0.2, 0.25) is 5.02 Å². The summed E-state index contributed by atoms with van der Waals surface area (Å²) in [5, 5.41) is 13.0. The van der Waals surface area contributed by atoms with Crippen molar-refractivity contribution in [2.45, 2.75) is 44.6 Å². The maximum absolute atomic E-state index is 12.3. The molecule has 1 aliphatic carbocycles. The second kappa shape index (κ2) is 6.50. The van der Waals surface area contributed by atoms with Gasteiger partial charge in [-0.3, -0.25) is 0 Å². The normalized spacial score (nSPS) is 23.0. The van der Waals surface area contributed by atoms with Gasteiger partial charge in [0.1, 0.15) is 5.75 Å². The third-order valence-corrected chi connectivity index (χ3v) is 3.62. The van der Waals surface area contributed by atoms with Crippen LogP contribution in [0.4, 0.5) is 8.78 Å². The van der Waals surface area contributed by atoms with Gasteiger partial charge in [-0.05, 0) is 31.4 Å². The predicted octanol–water partition coefficient (Wildman–Crippen LogP) is 2.94. The summed E-state index contributed by atoms with van der Waals surface area (Å²) in [6, 6.07) is 4.87. The molecule has 1 aliphatic rings. The lowest BCUT2D eigenvalue weighted by Gasteiger charge is -2.16. The van der Waals surface area contributed by atoms with Crippen molar-refractivity contribution in [2.75, 3.05) is 0 Å². The number of aliphatic hydroxyl groups is 1. The number of benzene rings is 1. The van der Waals surface area contributed by atoms with Gasteiger partial charge in [0.2, 0.25) is 0 Å². The zero-order valence-corrected chi connectivity index (χ0v) is 11.0. The number of halogens is 3. The average molecular weight is 292 g/mol. The van der Waals surface area contributed by atoms with Crippen LogP contribution in [0.5, 0.6) is 5.75 Å². The summed E-state index contributed by atoms with van der Waals surface area (Å²) in [4.78, 5) is 0. The monoisotopic (exact) mass is 291 g/mol. The predicted molar refractivity (Wildman–Crippen MR) is 68.6 cm³/mol. The third-order valence-electron chi connectivity index (χ3n) is 3.26. The fraction of sp³-hybridized carbons (Fsp3) is 0.538. The quantitative estimate of drug-likeness (QED) is 0.876. The average Bonchev–Trinajstić information content (AvgIpc) is 2.73. The molecule has 2 atom stereocenters. The molecule has 106 valence electrons. The number of ether oxygens (including phenoxy) is 1. The van der Waals surface area contributed by atoms with Crippen molar-refractivity contribution in [3.8, 4) is 5.75 Å². The van der Waals surface area contributed by atoms with E-state index in [1.165, 1.54) is 6.07 Å². The van der Waals surface area contributed by atoms with Crippen LogP contribution in [0.25, 0.3) is 0 Å². The molecule has 0 aromatic heterocycles. The molecule has 19 heavy (non-hydrogen) atoms. The van der Waals surface area contributed by atoms with Crippen LogP contribution in [-0.4, -0.2) is 23.9 Å². The van der Waals surface area contributed by atoms with E-state index >= 15 is 0 Å². The van der Waals surface area contributed by atoms with Crippen molar-refractivity contribution in [3.63, 3.8) is 0 Å². The summed E-state index contributed by atoms with van der Waals surface area (Å²) in [6.07, 6.45) is 2.03. The molecule has 0 unspecified atom stereocenters. The standard InChI is InChI=1S/C13H16ClF2NO2/c14-11-2-1-3-12(19-13(15)16)10(11)7-17-8-4-5-9(18)6-8/h1-3,8-9,13,17-18H,4-7H2/t8-,9+/m0/s1. The zero-order chi connectivity index (χ0) is 13.8. The maximum Gasteiger partial charge on any atom is 0.387 e. The van der Waals surface area contributed by atoms with Crippen LogP contribution < -0.4 is 10.1 Å². The molecule has 0 radical (unpaired) electrons. The second-order valence-corrected chi connectivity index (χ2v) is 5.05. The minimum absolute atomic E-state index is 0.0912. The topological polar surface area (TPSA) is 41.5 Å². The molecule has 1 aromatic carbocycles. The first kappa shape index (κ1) is 14.5. The van der Waals surface area contributed by atoms with E-state index in [9.17, 15) is 13.9 Å². The lowest BCUT2D eigenvalue weighted by atomic mass is 10.1. The maximum atomic E-state index is 12.3. The van der Waals surface area contributed by atoms with Crippen LogP contribution >= 0.6 is 11.6 Å². The van der Waals surface area contributed by atoms with Gasteiger partial charge in [-0.25, -0.2) is 0 Å². The first-order chi connectivity index (χ1) is 9.06. The SMILES string of the molecule is O[C@@H]1CC[C@H](NCc2c(Cl)cccc2OC(F)F)C1. The van der Waals surface area contributed by atoms with Gasteiger partial charge in [0.05, 0.1) is 6.10 Å². The van der Waals surface area contributed by atoms with Crippen LogP contribution in [0.1, 0.15) is 24.8 Å². The molecule has 0 heterocycles. The Labute approximate surface area is 115 Å². The summed E-state index contributed by atoms with van der Waals surface area (Å²) in [7, 11) is 0. The molecule has 2 rings (SSSR count). The van der Waals surface area contributed by atoms with Gasteiger partial charge in [-0.15, -0.1) is 0 Å². The van der Waals surface area contributed by atoms with Gasteiger partial charge in [-0.2, -0.15) is 8.78 Å². The van der Waals surface area contributed by atoms with E-state index in [0.29, 0.717) is 23.6 Å². The van der Waals surface area contributed by atoms with E-state index in [1.54, 1.807) is 12.1 Å². The van der Waals surface area contributed by atoms with Crippen molar-refractivity contribution in [3.05, 3.63) is 28.8 Å². The summed E-state index contributed by atoms with van der Waals surface area (Å²) < 4.78 is 29.1. The van der Waals surface area contributed by atoms with E-state index in [-0.39, 0.29) is 17.9 Å². The number of nitrogens with one attached hydrogen (secondary N) is 1. The van der Waals surface area contributed by atoms with E-state index < -0.39 is 6.61 Å². The summed E-state index contributed by atoms with van der Waals surface area (Å²) in [6.45, 7) is -2.52. The fourth-order valence-corrected chi connectivity index (χ4v) is 2.54. The van der Waals surface area contributed by atoms with Crippen LogP contribution in [0, 0.1) is 0 Å². The van der Waals surface area contributed by atoms with Crippen molar-refractivity contribution in [2.24, 2.45) is 0 Å². The van der Waals surface area contributed by atoms with Crippen molar-refractivity contribution < 1.29 is 18.6 Å². The molecular formula is C13H16ClF2NO2. The van der Waals surface area contributed by atoms with Crippen LogP contribution in [0.15, 0.2) is 18.2 Å². The van der Waals surface area contributed by atoms with Gasteiger partial charge < -0.3 is 15.2 Å². The first-order valence-electron chi connectivity index (χ1n) is 6.20. The molecular weight excluding hydrogens is 276 g/mol. The number of alkyl halides is 2. The third kappa shape index (κ3) is 4.03. The zero-order valence-electron chi connectivity index (χ0n) is 10.3. The molecule has 0 saturated heterocycles. The Morgan fingerprint density at radius 2 is 2.21 bits per heavy atom. The minimum atomic E-state index is -2.87. The van der Waals surface area contributed by atoms with Crippen molar-refractivity contribution in [1.82, 2.24) is 5.32 Å². The highest BCUT2D eigenvalue weighted by molar-refractivity contribution is 6.31. The Hall–Kier alpha value is -0.910. The molecule has 0 bridgehead atoms. The Bertz CT molecular complexity index is 431. The molecule has 1 saturated carbocycles. The lowest BCUT2D eigenvalue weighted by Crippen LogP contribution is -2.27. The highest BCUT2D eigenvalue weighted by Gasteiger charge is 2.23. The van der Waals surface area contributed by atoms with Gasteiger partial charge in [-0.1, -0.05) is 17.7 Å². The number of hydrogen-bond acceptors (Lipinski definition) is 3. The van der Waals surface area contributed by atoms with Crippen LogP contribution in [0.3, 0.4) is 0 Å². The lowest BCUT2D eigenvalue weighted by molar-refractivity contribution is -0.0504. The first-order valence-corrected chi connectivity index (χ1v) is 6.57. The Kier molecular flexibility index (Phi) is 4.96. The second-order valence-electron chi connectivity index (χ2n) is 4.64. The smallest absolute Gasteiger partial charge is 0.387 e. The van der Waals surface area contributed by atoms with Crippen molar-refractivity contribution in [1.29, 1.82) is 0 Å². The van der Waals surface area contributed by atoms with Gasteiger partial charge in [0.25, 0.3) is 0 Å². The largest absolute Gasteiger partial charge is 0.434 e. The Morgan fingerprint density at radius 3 is 2.84 bits per heavy atom. The summed E-state index contributed by atoms with van der Waals surface area (Å²) in [5.74, 6) is 0.0912. The van der Waals surface area contributed by atoms with Crippen molar-refractivity contribution >= 4 is 11.6 Å². The van der Waals surface area contributed by atoms with Gasteiger partial charge >= 0.3 is 6.61 Å². The Morgan fingerprint density at radius 1 is 1.42 bits per heavy atom. The van der Waals surface area contributed by atoms with E-state index in [0.717, 1.165) is 12.8 Å². The number of hydrogen-bond donors (Lipinski definition) is 2. The van der Waals surface area contributed by atoms with E-state index in [1.807, 2.05) is 0 Å². The molecule has 1 fully saturated rings. The minimum Gasteiger partial charge on any atom is -0.434 e. The molecule has 0 spiro atoms. The summed E-state index contributed by atoms with van der Waals surface area (Å²) in [5.41, 5.74) is 0.519. The molecule has 3 nitrogen and oxygen atoms in total.